The Kier molecular flexibility index (Phi) is 2.45. The molecule has 0 aromatic heterocycles. The van der Waals surface area contributed by atoms with Crippen LogP contribution in [0.15, 0.2) is 0 Å². The summed E-state index contributed by atoms with van der Waals surface area (Å²) in [5.41, 5.74) is 0. The summed E-state index contributed by atoms with van der Waals surface area (Å²) in [5, 5.41) is 0. The first-order valence-electron chi connectivity index (χ1n) is 2.20. The van der Waals surface area contributed by atoms with Gasteiger partial charge in [0.25, 0.3) is 0 Å². The van der Waals surface area contributed by atoms with Crippen molar-refractivity contribution >= 4 is 30.7 Å². The van der Waals surface area contributed by atoms with Gasteiger partial charge in [-0.1, -0.05) is 0 Å². The van der Waals surface area contributed by atoms with Crippen LogP contribution in [0.5, 0.6) is 0 Å². The van der Waals surface area contributed by atoms with Crippen molar-refractivity contribution in [1.29, 1.82) is 2.56 Å². The predicted molar refractivity (Wildman–Crippen MR) is 34.6 cm³/mol. The molecule has 0 aromatic rings. The number of hydrogen-bond acceptors (Lipinski definition) is 2. The Bertz CT molecular complexity index is 161. The fraction of sp³-hybridized carbons (Fsp3) is 0. The van der Waals surface area contributed by atoms with Gasteiger partial charge in [0.15, 0.2) is 0 Å². The second kappa shape index (κ2) is 3.72. The Balaban J connectivity index is 4.72. The summed E-state index contributed by atoms with van der Waals surface area (Å²) < 4.78 is 45.2. The molecule has 2 atom stereocenters. The summed E-state index contributed by atoms with van der Waals surface area (Å²) >= 11 is 0. The molecular formula is H4BFO2P3+. The van der Waals surface area contributed by atoms with Crippen molar-refractivity contribution in [2.45, 2.75) is 0 Å². The van der Waals surface area contributed by atoms with Crippen LogP contribution in [0.2, 0.25) is 0 Å². The number of halogens is 1. The zero-order valence-corrected chi connectivity index (χ0v) is 6.19. The summed E-state index contributed by atoms with van der Waals surface area (Å²) in [6, 6.07) is 0. The molecule has 0 saturated carbocycles. The third kappa shape index (κ3) is 3.35. The molecule has 0 aliphatic rings. The average Bonchev–Trinajstić information content (AvgIpc) is 1.66. The summed E-state index contributed by atoms with van der Waals surface area (Å²) in [6.45, 7) is -0.475. The van der Waals surface area contributed by atoms with Crippen LogP contribution in [-0.4, -0.2) is 9.43 Å². The van der Waals surface area contributed by atoms with Gasteiger partial charge in [-0.15, -0.1) is 0 Å². The Labute approximate surface area is 47.7 Å². The molecule has 2 nitrogen and oxygen atoms in total. The average molecular weight is 162 g/mol. The quantitative estimate of drug-likeness (QED) is 0.452. The van der Waals surface area contributed by atoms with Crippen LogP contribution in [0.4, 0.5) is 4.20 Å². The molecular weight excluding hydrogens is 155 g/mol. The van der Waals surface area contributed by atoms with Gasteiger partial charge in [-0.05, 0) is 0 Å². The van der Waals surface area contributed by atoms with Crippen LogP contribution < -0.4 is 0 Å². The van der Waals surface area contributed by atoms with Crippen molar-refractivity contribution in [2.24, 2.45) is 0 Å². The van der Waals surface area contributed by atoms with Gasteiger partial charge in [-0.3, -0.25) is 0 Å². The molecule has 2 unspecified atom stereocenters. The molecule has 0 saturated heterocycles. The second-order valence-electron chi connectivity index (χ2n) is 0.697. The maximum absolute atomic E-state index is 12.4. The van der Waals surface area contributed by atoms with E-state index >= 15 is 0 Å². The van der Waals surface area contributed by atoms with Crippen molar-refractivity contribution < 1.29 is 13.5 Å². The van der Waals surface area contributed by atoms with Gasteiger partial charge in [-0.2, -0.15) is 0 Å². The second-order valence-corrected chi connectivity index (χ2v) is 7.13. The molecule has 7 heavy (non-hydrogen) atoms. The molecule has 0 aliphatic carbocycles. The zero-order valence-electron chi connectivity index (χ0n) is 5.24. The Hall–Kier alpha value is 0.755. The number of rotatable bonds is 2. The molecule has 40 valence electrons. The minimum atomic E-state index is -5.42. The van der Waals surface area contributed by atoms with Gasteiger partial charge in [-0.25, -0.2) is 0 Å². The fourth-order valence-electron chi connectivity index (χ4n) is 0.0465. The predicted octanol–water partition coefficient (Wildman–Crippen LogP) is 1.31. The van der Waals surface area contributed by atoms with Crippen LogP contribution >= 0.6 is 23.8 Å². The van der Waals surface area contributed by atoms with Crippen molar-refractivity contribution in [1.82, 2.24) is 0 Å². The monoisotopic (exact) mass is 162 g/mol. The van der Waals surface area contributed by atoms with Crippen molar-refractivity contribution in [3.63, 3.8) is 0 Å². The van der Waals surface area contributed by atoms with E-state index in [4.69, 9.17) is 2.56 Å². The van der Waals surface area contributed by atoms with Crippen molar-refractivity contribution in [3.05, 3.63) is 0 Å². The van der Waals surface area contributed by atoms with E-state index in [9.17, 15) is 13.5 Å². The SMILES string of the molecule is [2H]P([3H])(F)(B=O)[P+](=O)P. The summed E-state index contributed by atoms with van der Waals surface area (Å²) in [4.78, 5) is 0. The van der Waals surface area contributed by atoms with E-state index in [1.165, 1.54) is 8.93 Å². The van der Waals surface area contributed by atoms with E-state index in [1.54, 1.807) is 0 Å². The van der Waals surface area contributed by atoms with Gasteiger partial charge in [0.05, 0.1) is 0 Å². The van der Waals surface area contributed by atoms with Crippen LogP contribution in [-0.2, 0) is 9.27 Å². The van der Waals surface area contributed by atoms with Crippen molar-refractivity contribution in [3.8, 4) is 0 Å². The van der Waals surface area contributed by atoms with Crippen molar-refractivity contribution in [2.75, 3.05) is 0 Å². The maximum atomic E-state index is 12.4. The van der Waals surface area contributed by atoms with Crippen LogP contribution in [0.1, 0.15) is 0 Å². The van der Waals surface area contributed by atoms with Gasteiger partial charge in [0, 0.05) is 0 Å². The Morgan fingerprint density at radius 1 is 2.43 bits per heavy atom. The molecule has 0 aliphatic heterocycles. The van der Waals surface area contributed by atoms with Gasteiger partial charge in [0.1, 0.15) is 0 Å². The van der Waals surface area contributed by atoms with E-state index in [-0.39, 0.29) is 0 Å². The topological polar surface area (TPSA) is 34.1 Å². The molecule has 0 heterocycles. The molecule has 0 radical (unpaired) electrons. The molecule has 0 bridgehead atoms. The van der Waals surface area contributed by atoms with E-state index < -0.39 is 21.7 Å². The summed E-state index contributed by atoms with van der Waals surface area (Å²) in [5.74, 6) is 0. The third-order valence-electron chi connectivity index (χ3n) is 0.275. The van der Waals surface area contributed by atoms with E-state index in [0.717, 1.165) is 0 Å². The Morgan fingerprint density at radius 2 is 2.86 bits per heavy atom. The van der Waals surface area contributed by atoms with Gasteiger partial charge < -0.3 is 0 Å². The van der Waals surface area contributed by atoms with E-state index in [2.05, 4.69) is 0 Å². The first-order valence-corrected chi connectivity index (χ1v) is 6.19. The van der Waals surface area contributed by atoms with Crippen LogP contribution in [0.25, 0.3) is 0 Å². The normalized spacial score (nSPS) is 22.6. The first-order chi connectivity index (χ1) is 3.78. The fourth-order valence-corrected chi connectivity index (χ4v) is 0.908. The van der Waals surface area contributed by atoms with Gasteiger partial charge >= 0.3 is 46.7 Å². The molecule has 0 rings (SSSR count). The standard InChI is InChI=1S/BFH4O2P3/c2-6(1-3)7(4)5/h5-6H2/q+1/i6TD. The summed E-state index contributed by atoms with van der Waals surface area (Å²) in [7, 11) is -6.68. The van der Waals surface area contributed by atoms with Crippen LogP contribution in [0.3, 0.4) is 0 Å². The van der Waals surface area contributed by atoms with E-state index in [1.807, 2.05) is 0 Å². The van der Waals surface area contributed by atoms with E-state index in [0.29, 0.717) is 0 Å². The number of hydrogen-bond donors (Lipinski definition) is 0. The molecule has 0 N–H and O–H groups in total. The molecule has 0 amide bonds. The molecule has 0 aromatic carbocycles. The molecule has 7 heteroatoms. The first kappa shape index (κ1) is 4.62. The van der Waals surface area contributed by atoms with Crippen LogP contribution in [0, 0.1) is 0 Å². The van der Waals surface area contributed by atoms with Gasteiger partial charge in [0.2, 0.25) is 0 Å². The zero-order chi connectivity index (χ0) is 7.73. The third-order valence-corrected chi connectivity index (χ3v) is 4.22. The minimum absolute atomic E-state index is 0.475. The Morgan fingerprint density at radius 3 is 2.86 bits per heavy atom. The molecule has 0 spiro atoms. The summed E-state index contributed by atoms with van der Waals surface area (Å²) in [6.07, 6.45) is 0. The molecule has 0 fully saturated rings.